The van der Waals surface area contributed by atoms with Crippen molar-refractivity contribution in [3.8, 4) is 17.6 Å². The summed E-state index contributed by atoms with van der Waals surface area (Å²) in [5, 5.41) is 0. The van der Waals surface area contributed by atoms with Gasteiger partial charge in [-0.2, -0.15) is 8.78 Å². The van der Waals surface area contributed by atoms with Crippen LogP contribution in [0, 0.1) is 11.8 Å². The summed E-state index contributed by atoms with van der Waals surface area (Å²) in [5.41, 5.74) is 0.919. The number of rotatable bonds is 4. The molecule has 0 atom stereocenters. The van der Waals surface area contributed by atoms with Crippen molar-refractivity contribution in [3.63, 3.8) is 0 Å². The topological polar surface area (TPSA) is 18.5 Å². The predicted molar refractivity (Wildman–Crippen MR) is 81.4 cm³/mol. The van der Waals surface area contributed by atoms with Gasteiger partial charge in [0.2, 0.25) is 0 Å². The predicted octanol–water partition coefficient (Wildman–Crippen LogP) is 4.33. The Hall–Kier alpha value is -2.80. The van der Waals surface area contributed by atoms with Gasteiger partial charge in [-0.3, -0.25) is 0 Å². The fraction of sp³-hybridized carbons (Fsp3) is 0.111. The lowest BCUT2D eigenvalue weighted by Gasteiger charge is -2.14. The zero-order valence-electron chi connectivity index (χ0n) is 12.0. The van der Waals surface area contributed by atoms with Crippen molar-refractivity contribution in [3.05, 3.63) is 72.3 Å². The van der Waals surface area contributed by atoms with Gasteiger partial charge in [-0.05, 0) is 36.4 Å². The van der Waals surface area contributed by atoms with Crippen molar-refractivity contribution in [2.75, 3.05) is 7.11 Å². The Morgan fingerprint density at radius 3 is 2.27 bits per heavy atom. The van der Waals surface area contributed by atoms with E-state index in [-0.39, 0.29) is 5.76 Å². The Balaban J connectivity index is 2.07. The third-order valence-corrected chi connectivity index (χ3v) is 2.79. The van der Waals surface area contributed by atoms with E-state index in [2.05, 4.69) is 17.2 Å². The van der Waals surface area contributed by atoms with E-state index in [4.69, 9.17) is 4.74 Å². The molecule has 2 nitrogen and oxygen atoms in total. The standard InChI is InChI=1S/C18H14F2O2/c1-14(16-8-10-17(21-2)11-9-16)22-18(19,20)13-12-15-6-4-3-5-7-15/h3-11H,1H2,2H3. The molecule has 2 aromatic rings. The van der Waals surface area contributed by atoms with Crippen LogP contribution in [0.1, 0.15) is 11.1 Å². The molecule has 2 aromatic carbocycles. The fourth-order valence-corrected chi connectivity index (χ4v) is 1.68. The minimum absolute atomic E-state index is 0.157. The summed E-state index contributed by atoms with van der Waals surface area (Å²) in [6.45, 7) is 3.51. The lowest BCUT2D eigenvalue weighted by atomic mass is 10.2. The minimum atomic E-state index is -3.62. The van der Waals surface area contributed by atoms with Gasteiger partial charge in [-0.15, -0.1) is 0 Å². The molecule has 112 valence electrons. The number of benzene rings is 2. The average molecular weight is 300 g/mol. The van der Waals surface area contributed by atoms with E-state index >= 15 is 0 Å². The highest BCUT2D eigenvalue weighted by molar-refractivity contribution is 5.58. The second kappa shape index (κ2) is 6.77. The van der Waals surface area contributed by atoms with Crippen LogP contribution < -0.4 is 4.74 Å². The monoisotopic (exact) mass is 300 g/mol. The molecule has 0 aromatic heterocycles. The van der Waals surface area contributed by atoms with E-state index in [1.807, 2.05) is 5.92 Å². The Bertz CT molecular complexity index is 695. The molecule has 0 N–H and O–H groups in total. The molecule has 0 fully saturated rings. The van der Waals surface area contributed by atoms with E-state index in [0.717, 1.165) is 0 Å². The third kappa shape index (κ3) is 4.35. The number of hydrogen-bond donors (Lipinski definition) is 0. The van der Waals surface area contributed by atoms with Gasteiger partial charge >= 0.3 is 6.11 Å². The van der Waals surface area contributed by atoms with Crippen LogP contribution in [-0.2, 0) is 4.74 Å². The Morgan fingerprint density at radius 1 is 1.05 bits per heavy atom. The van der Waals surface area contributed by atoms with Crippen LogP contribution in [0.15, 0.2) is 61.2 Å². The van der Waals surface area contributed by atoms with Crippen LogP contribution in [0.3, 0.4) is 0 Å². The first-order chi connectivity index (χ1) is 10.5. The van der Waals surface area contributed by atoms with Gasteiger partial charge in [-0.1, -0.05) is 30.7 Å². The summed E-state index contributed by atoms with van der Waals surface area (Å²) in [4.78, 5) is 0. The summed E-state index contributed by atoms with van der Waals surface area (Å²) >= 11 is 0. The molecule has 0 saturated heterocycles. The molecule has 0 spiro atoms. The first-order valence-corrected chi connectivity index (χ1v) is 6.48. The molecule has 0 unspecified atom stereocenters. The smallest absolute Gasteiger partial charge is 0.469 e. The highest BCUT2D eigenvalue weighted by atomic mass is 19.3. The van der Waals surface area contributed by atoms with Gasteiger partial charge in [0, 0.05) is 17.0 Å². The van der Waals surface area contributed by atoms with Gasteiger partial charge in [-0.25, -0.2) is 0 Å². The molecule has 0 aliphatic rings. The lowest BCUT2D eigenvalue weighted by molar-refractivity contribution is -0.142. The maximum atomic E-state index is 13.7. The largest absolute Gasteiger partial charge is 0.497 e. The summed E-state index contributed by atoms with van der Waals surface area (Å²) in [6.07, 6.45) is -3.62. The molecule has 0 saturated carbocycles. The maximum absolute atomic E-state index is 13.7. The van der Waals surface area contributed by atoms with Gasteiger partial charge in [0.15, 0.2) is 0 Å². The summed E-state index contributed by atoms with van der Waals surface area (Å²) in [6, 6.07) is 15.0. The van der Waals surface area contributed by atoms with Gasteiger partial charge < -0.3 is 9.47 Å². The van der Waals surface area contributed by atoms with Crippen molar-refractivity contribution < 1.29 is 18.3 Å². The average Bonchev–Trinajstić information content (AvgIpc) is 2.54. The molecule has 0 aliphatic carbocycles. The fourth-order valence-electron chi connectivity index (χ4n) is 1.68. The van der Waals surface area contributed by atoms with Gasteiger partial charge in [0.25, 0.3) is 0 Å². The summed E-state index contributed by atoms with van der Waals surface area (Å²) in [7, 11) is 1.52. The Morgan fingerprint density at radius 2 is 1.68 bits per heavy atom. The second-order valence-corrected chi connectivity index (χ2v) is 4.39. The van der Waals surface area contributed by atoms with E-state index in [1.165, 1.54) is 7.11 Å². The Labute approximate surface area is 128 Å². The normalized spacial score (nSPS) is 10.3. The highest BCUT2D eigenvalue weighted by Gasteiger charge is 2.29. The van der Waals surface area contributed by atoms with Crippen LogP contribution in [0.4, 0.5) is 8.78 Å². The summed E-state index contributed by atoms with van der Waals surface area (Å²) in [5.74, 6) is 4.64. The molecule has 0 aliphatic heterocycles. The number of methoxy groups -OCH3 is 1. The minimum Gasteiger partial charge on any atom is -0.497 e. The molecule has 0 amide bonds. The number of ether oxygens (including phenoxy) is 2. The lowest BCUT2D eigenvalue weighted by Crippen LogP contribution is -2.17. The number of hydrogen-bond acceptors (Lipinski definition) is 2. The Kier molecular flexibility index (Phi) is 4.80. The number of alkyl halides is 2. The van der Waals surface area contributed by atoms with Crippen molar-refractivity contribution >= 4 is 5.76 Å². The third-order valence-electron chi connectivity index (χ3n) is 2.79. The van der Waals surface area contributed by atoms with Crippen LogP contribution >= 0.6 is 0 Å². The molecular weight excluding hydrogens is 286 g/mol. The van der Waals surface area contributed by atoms with E-state index in [0.29, 0.717) is 16.9 Å². The quantitative estimate of drug-likeness (QED) is 0.618. The van der Waals surface area contributed by atoms with Crippen LogP contribution in [-0.4, -0.2) is 13.2 Å². The number of halogens is 2. The van der Waals surface area contributed by atoms with Crippen molar-refractivity contribution in [2.24, 2.45) is 0 Å². The van der Waals surface area contributed by atoms with Crippen molar-refractivity contribution in [2.45, 2.75) is 6.11 Å². The van der Waals surface area contributed by atoms with Crippen LogP contribution in [0.5, 0.6) is 5.75 Å². The first kappa shape index (κ1) is 15.6. The molecular formula is C18H14F2O2. The molecule has 22 heavy (non-hydrogen) atoms. The van der Waals surface area contributed by atoms with Crippen LogP contribution in [0.2, 0.25) is 0 Å². The SMILES string of the molecule is C=C(OC(F)(F)C#Cc1ccccc1)c1ccc(OC)cc1. The zero-order valence-corrected chi connectivity index (χ0v) is 12.0. The summed E-state index contributed by atoms with van der Waals surface area (Å²) < 4.78 is 37.0. The second-order valence-electron chi connectivity index (χ2n) is 4.39. The molecule has 0 radical (unpaired) electrons. The maximum Gasteiger partial charge on any atom is 0.469 e. The van der Waals surface area contributed by atoms with Crippen molar-refractivity contribution in [1.29, 1.82) is 0 Å². The van der Waals surface area contributed by atoms with E-state index in [9.17, 15) is 8.78 Å². The first-order valence-electron chi connectivity index (χ1n) is 6.48. The van der Waals surface area contributed by atoms with Crippen molar-refractivity contribution in [1.82, 2.24) is 0 Å². The highest BCUT2D eigenvalue weighted by Crippen LogP contribution is 2.25. The van der Waals surface area contributed by atoms with E-state index in [1.54, 1.807) is 54.6 Å². The van der Waals surface area contributed by atoms with Gasteiger partial charge in [0.05, 0.1) is 7.11 Å². The zero-order chi connectivity index (χ0) is 16.0. The van der Waals surface area contributed by atoms with E-state index < -0.39 is 6.11 Å². The van der Waals surface area contributed by atoms with Crippen LogP contribution in [0.25, 0.3) is 5.76 Å². The van der Waals surface area contributed by atoms with Gasteiger partial charge in [0.1, 0.15) is 11.5 Å². The molecule has 4 heteroatoms. The molecule has 0 bridgehead atoms. The molecule has 0 heterocycles. The molecule has 2 rings (SSSR count).